The standard InChI is InChI=1S/C19H20F3N5O3/c1-23-17(28)12-30-18(29)27-9-7-26(8-10-27)16-6-5-15(24-25-16)13-3-2-4-14(11-13)19(20,21)22/h2-6,11H,7-10,12H2,1H3,(H,23,28). The molecule has 0 radical (unpaired) electrons. The summed E-state index contributed by atoms with van der Waals surface area (Å²) in [7, 11) is 1.45. The van der Waals surface area contributed by atoms with Crippen molar-refractivity contribution in [2.24, 2.45) is 0 Å². The SMILES string of the molecule is CNC(=O)COC(=O)N1CCN(c2ccc(-c3cccc(C(F)(F)F)c3)nn2)CC1. The lowest BCUT2D eigenvalue weighted by Crippen LogP contribution is -2.49. The number of nitrogens with one attached hydrogen (secondary N) is 1. The summed E-state index contributed by atoms with van der Waals surface area (Å²) in [5, 5.41) is 10.5. The summed E-state index contributed by atoms with van der Waals surface area (Å²) in [5.74, 6) is 0.169. The molecule has 1 aliphatic rings. The third kappa shape index (κ3) is 5.16. The lowest BCUT2D eigenvalue weighted by Gasteiger charge is -2.34. The number of nitrogens with zero attached hydrogens (tertiary/aromatic N) is 4. The molecule has 11 heteroatoms. The van der Waals surface area contributed by atoms with Crippen molar-refractivity contribution in [2.75, 3.05) is 44.7 Å². The van der Waals surface area contributed by atoms with Gasteiger partial charge in [0, 0.05) is 38.8 Å². The van der Waals surface area contributed by atoms with E-state index in [9.17, 15) is 22.8 Å². The Morgan fingerprint density at radius 1 is 1.10 bits per heavy atom. The number of rotatable bonds is 4. The van der Waals surface area contributed by atoms with Crippen LogP contribution >= 0.6 is 0 Å². The molecule has 160 valence electrons. The van der Waals surface area contributed by atoms with Crippen LogP contribution in [0.1, 0.15) is 5.56 Å². The molecule has 0 atom stereocenters. The monoisotopic (exact) mass is 423 g/mol. The zero-order valence-electron chi connectivity index (χ0n) is 16.1. The van der Waals surface area contributed by atoms with Crippen LogP contribution in [0.4, 0.5) is 23.8 Å². The van der Waals surface area contributed by atoms with Crippen LogP contribution in [0.25, 0.3) is 11.3 Å². The van der Waals surface area contributed by atoms with Crippen molar-refractivity contribution < 1.29 is 27.5 Å². The second-order valence-corrected chi connectivity index (χ2v) is 6.56. The number of piperazine rings is 1. The molecular weight excluding hydrogens is 403 g/mol. The summed E-state index contributed by atoms with van der Waals surface area (Å²) in [6.07, 6.45) is -4.99. The molecule has 2 amide bonds. The van der Waals surface area contributed by atoms with E-state index >= 15 is 0 Å². The lowest BCUT2D eigenvalue weighted by atomic mass is 10.1. The summed E-state index contributed by atoms with van der Waals surface area (Å²) in [5.41, 5.74) is -0.0841. The molecule has 2 aromatic rings. The van der Waals surface area contributed by atoms with Crippen LogP contribution < -0.4 is 10.2 Å². The highest BCUT2D eigenvalue weighted by molar-refractivity contribution is 5.79. The van der Waals surface area contributed by atoms with Gasteiger partial charge < -0.3 is 19.9 Å². The van der Waals surface area contributed by atoms with E-state index in [2.05, 4.69) is 15.5 Å². The van der Waals surface area contributed by atoms with E-state index in [-0.39, 0.29) is 6.61 Å². The fourth-order valence-electron chi connectivity index (χ4n) is 2.91. The van der Waals surface area contributed by atoms with Crippen LogP contribution in [0.3, 0.4) is 0 Å². The second kappa shape index (κ2) is 8.97. The van der Waals surface area contributed by atoms with E-state index in [0.717, 1.165) is 12.1 Å². The third-order valence-corrected chi connectivity index (χ3v) is 4.60. The molecule has 3 rings (SSSR count). The van der Waals surface area contributed by atoms with Crippen molar-refractivity contribution in [3.8, 4) is 11.3 Å². The number of anilines is 1. The highest BCUT2D eigenvalue weighted by Gasteiger charge is 2.30. The van der Waals surface area contributed by atoms with Crippen LogP contribution in [0.15, 0.2) is 36.4 Å². The Hall–Kier alpha value is -3.37. The number of alkyl halides is 3. The first-order valence-electron chi connectivity index (χ1n) is 9.16. The number of carbonyl (C=O) groups excluding carboxylic acids is 2. The molecule has 2 heterocycles. The molecule has 1 aromatic heterocycles. The summed E-state index contributed by atoms with van der Waals surface area (Å²) in [6, 6.07) is 8.21. The highest BCUT2D eigenvalue weighted by Crippen LogP contribution is 2.31. The number of carbonyl (C=O) groups is 2. The maximum Gasteiger partial charge on any atom is 0.416 e. The number of benzene rings is 1. The number of halogens is 3. The van der Waals surface area contributed by atoms with E-state index in [4.69, 9.17) is 4.74 Å². The maximum absolute atomic E-state index is 12.9. The molecule has 1 aliphatic heterocycles. The molecule has 0 saturated carbocycles. The Bertz CT molecular complexity index is 897. The smallest absolute Gasteiger partial charge is 0.416 e. The van der Waals surface area contributed by atoms with Gasteiger partial charge in [0.25, 0.3) is 5.91 Å². The summed E-state index contributed by atoms with van der Waals surface area (Å²) in [4.78, 5) is 26.5. The Kier molecular flexibility index (Phi) is 6.38. The van der Waals surface area contributed by atoms with Gasteiger partial charge in [0.15, 0.2) is 12.4 Å². The minimum Gasteiger partial charge on any atom is -0.439 e. The van der Waals surface area contributed by atoms with Crippen molar-refractivity contribution in [1.29, 1.82) is 0 Å². The largest absolute Gasteiger partial charge is 0.439 e. The number of aromatic nitrogens is 2. The average molecular weight is 423 g/mol. The fourth-order valence-corrected chi connectivity index (χ4v) is 2.91. The number of ether oxygens (including phenoxy) is 1. The first-order valence-corrected chi connectivity index (χ1v) is 9.16. The molecule has 1 fully saturated rings. The minimum absolute atomic E-state index is 0.326. The minimum atomic E-state index is -4.43. The third-order valence-electron chi connectivity index (χ3n) is 4.60. The molecule has 0 spiro atoms. The zero-order valence-corrected chi connectivity index (χ0v) is 16.1. The Labute approximate surface area is 170 Å². The average Bonchev–Trinajstić information content (AvgIpc) is 2.77. The van der Waals surface area contributed by atoms with E-state index in [1.165, 1.54) is 18.0 Å². The van der Waals surface area contributed by atoms with Gasteiger partial charge >= 0.3 is 12.3 Å². The van der Waals surface area contributed by atoms with E-state index < -0.39 is 23.7 Å². The predicted octanol–water partition coefficient (Wildman–Crippen LogP) is 2.17. The molecule has 1 aromatic carbocycles. The molecule has 0 aliphatic carbocycles. The molecular formula is C19H20F3N5O3. The predicted molar refractivity (Wildman–Crippen MR) is 102 cm³/mol. The van der Waals surface area contributed by atoms with Crippen molar-refractivity contribution >= 4 is 17.8 Å². The van der Waals surface area contributed by atoms with Crippen LogP contribution in [0, 0.1) is 0 Å². The van der Waals surface area contributed by atoms with E-state index in [1.807, 2.05) is 4.90 Å². The van der Waals surface area contributed by atoms with Crippen LogP contribution in [-0.4, -0.2) is 66.9 Å². The highest BCUT2D eigenvalue weighted by atomic mass is 19.4. The first kappa shape index (κ1) is 21.3. The lowest BCUT2D eigenvalue weighted by molar-refractivity contribution is -0.137. The van der Waals surface area contributed by atoms with Crippen LogP contribution in [0.2, 0.25) is 0 Å². The van der Waals surface area contributed by atoms with Gasteiger partial charge in [-0.25, -0.2) is 4.79 Å². The quantitative estimate of drug-likeness (QED) is 0.811. The fraction of sp³-hybridized carbons (Fsp3) is 0.368. The normalized spacial score (nSPS) is 14.4. The number of likely N-dealkylation sites (N-methyl/N-ethyl adjacent to an activating group) is 1. The summed E-state index contributed by atoms with van der Waals surface area (Å²) in [6.45, 7) is 1.38. The number of amides is 2. The van der Waals surface area contributed by atoms with Gasteiger partial charge in [0.1, 0.15) is 0 Å². The summed E-state index contributed by atoms with van der Waals surface area (Å²) < 4.78 is 43.6. The maximum atomic E-state index is 12.9. The van der Waals surface area contributed by atoms with Crippen molar-refractivity contribution in [3.63, 3.8) is 0 Å². The topological polar surface area (TPSA) is 87.7 Å². The molecule has 0 bridgehead atoms. The van der Waals surface area contributed by atoms with E-state index in [1.54, 1.807) is 18.2 Å². The van der Waals surface area contributed by atoms with Crippen molar-refractivity contribution in [2.45, 2.75) is 6.18 Å². The number of hydrogen-bond acceptors (Lipinski definition) is 6. The summed E-state index contributed by atoms with van der Waals surface area (Å²) >= 11 is 0. The molecule has 8 nitrogen and oxygen atoms in total. The number of hydrogen-bond donors (Lipinski definition) is 1. The zero-order chi connectivity index (χ0) is 21.7. The molecule has 1 saturated heterocycles. The molecule has 0 unspecified atom stereocenters. The van der Waals surface area contributed by atoms with Gasteiger partial charge in [-0.1, -0.05) is 12.1 Å². The van der Waals surface area contributed by atoms with Gasteiger partial charge in [0.05, 0.1) is 11.3 Å². The second-order valence-electron chi connectivity index (χ2n) is 6.56. The van der Waals surface area contributed by atoms with Gasteiger partial charge in [-0.3, -0.25) is 4.79 Å². The van der Waals surface area contributed by atoms with Crippen LogP contribution in [-0.2, 0) is 15.7 Å². The van der Waals surface area contributed by atoms with Gasteiger partial charge in [-0.15, -0.1) is 10.2 Å². The van der Waals surface area contributed by atoms with Crippen LogP contribution in [0.5, 0.6) is 0 Å². The van der Waals surface area contributed by atoms with Crippen molar-refractivity contribution in [3.05, 3.63) is 42.0 Å². The Morgan fingerprint density at radius 2 is 1.83 bits per heavy atom. The Morgan fingerprint density at radius 3 is 2.43 bits per heavy atom. The van der Waals surface area contributed by atoms with Gasteiger partial charge in [0.2, 0.25) is 0 Å². The molecule has 30 heavy (non-hydrogen) atoms. The van der Waals surface area contributed by atoms with E-state index in [0.29, 0.717) is 43.3 Å². The first-order chi connectivity index (χ1) is 14.3. The Balaban J connectivity index is 1.59. The van der Waals surface area contributed by atoms with Gasteiger partial charge in [-0.2, -0.15) is 13.2 Å². The molecule has 1 N–H and O–H groups in total. The van der Waals surface area contributed by atoms with Crippen molar-refractivity contribution in [1.82, 2.24) is 20.4 Å². The van der Waals surface area contributed by atoms with Gasteiger partial charge in [-0.05, 0) is 24.3 Å².